The molecule has 0 saturated carbocycles. The molecule has 4 aromatic carbocycles. The fourth-order valence-corrected chi connectivity index (χ4v) is 4.38. The minimum atomic E-state index is -0.187. The highest BCUT2D eigenvalue weighted by molar-refractivity contribution is 6.05. The van der Waals surface area contributed by atoms with Crippen molar-refractivity contribution >= 4 is 28.1 Å². The molecule has 0 bridgehead atoms. The zero-order chi connectivity index (χ0) is 25.1. The molecule has 5 aromatic rings. The van der Waals surface area contributed by atoms with Crippen molar-refractivity contribution in [3.8, 4) is 28.0 Å². The SMILES string of the molecule is COc1cc2occ(-c3ccc(-c4ccccc4)cc3)c2cc1/C(C)=C/C(=O)Nc1ccccc1C. The van der Waals surface area contributed by atoms with Gasteiger partial charge in [-0.15, -0.1) is 0 Å². The maximum absolute atomic E-state index is 12.8. The molecule has 0 saturated heterocycles. The largest absolute Gasteiger partial charge is 0.496 e. The fourth-order valence-electron chi connectivity index (χ4n) is 4.38. The number of hydrogen-bond acceptors (Lipinski definition) is 3. The second kappa shape index (κ2) is 9.96. The molecular formula is C32H27NO3. The Morgan fingerprint density at radius 3 is 2.25 bits per heavy atom. The topological polar surface area (TPSA) is 51.5 Å². The molecule has 1 heterocycles. The number of carbonyl (C=O) groups excluding carboxylic acids is 1. The number of allylic oxidation sites excluding steroid dienone is 1. The van der Waals surface area contributed by atoms with Crippen LogP contribution in [-0.2, 0) is 4.79 Å². The molecule has 4 nitrogen and oxygen atoms in total. The number of fused-ring (bicyclic) bond motifs is 1. The quantitative estimate of drug-likeness (QED) is 0.253. The molecule has 1 aromatic heterocycles. The van der Waals surface area contributed by atoms with Gasteiger partial charge in [0.15, 0.2) is 0 Å². The summed E-state index contributed by atoms with van der Waals surface area (Å²) in [5, 5.41) is 3.93. The molecular weight excluding hydrogens is 446 g/mol. The molecule has 0 aliphatic rings. The minimum absolute atomic E-state index is 0.187. The third-order valence-electron chi connectivity index (χ3n) is 6.37. The number of ether oxygens (including phenoxy) is 1. The van der Waals surface area contributed by atoms with Crippen LogP contribution in [0.25, 0.3) is 38.8 Å². The van der Waals surface area contributed by atoms with Gasteiger partial charge in [-0.25, -0.2) is 0 Å². The summed E-state index contributed by atoms with van der Waals surface area (Å²) in [6.07, 6.45) is 3.37. The van der Waals surface area contributed by atoms with Gasteiger partial charge in [0.05, 0.1) is 13.4 Å². The van der Waals surface area contributed by atoms with Crippen molar-refractivity contribution in [3.05, 3.63) is 114 Å². The van der Waals surface area contributed by atoms with Crippen LogP contribution in [-0.4, -0.2) is 13.0 Å². The van der Waals surface area contributed by atoms with E-state index in [0.29, 0.717) is 5.75 Å². The highest BCUT2D eigenvalue weighted by Gasteiger charge is 2.15. The molecule has 0 aliphatic carbocycles. The van der Waals surface area contributed by atoms with Gasteiger partial charge in [0, 0.05) is 34.3 Å². The van der Waals surface area contributed by atoms with E-state index in [1.54, 1.807) is 19.4 Å². The summed E-state index contributed by atoms with van der Waals surface area (Å²) in [5.41, 5.74) is 8.57. The van der Waals surface area contributed by atoms with Crippen LogP contribution in [0.15, 0.2) is 108 Å². The summed E-state index contributed by atoms with van der Waals surface area (Å²) in [4.78, 5) is 12.8. The van der Waals surface area contributed by atoms with Gasteiger partial charge in [-0.1, -0.05) is 72.8 Å². The molecule has 0 aliphatic heterocycles. The molecule has 4 heteroatoms. The standard InChI is InChI=1S/C32H27NO3/c1-21-9-7-8-12-29(21)33-32(34)17-22(2)26-18-27-28(20-36-31(27)19-30(26)35-3)25-15-13-24(14-16-25)23-10-5-4-6-11-23/h4-20H,1-3H3,(H,33,34)/b22-17+. The number of rotatable bonds is 6. The number of benzene rings is 4. The lowest BCUT2D eigenvalue weighted by Crippen LogP contribution is -2.09. The predicted octanol–water partition coefficient (Wildman–Crippen LogP) is 8.13. The normalized spacial score (nSPS) is 11.5. The van der Waals surface area contributed by atoms with Crippen LogP contribution in [0.5, 0.6) is 5.75 Å². The van der Waals surface area contributed by atoms with Crippen LogP contribution >= 0.6 is 0 Å². The van der Waals surface area contributed by atoms with E-state index in [9.17, 15) is 4.79 Å². The van der Waals surface area contributed by atoms with Gasteiger partial charge in [0.2, 0.25) is 5.91 Å². The zero-order valence-electron chi connectivity index (χ0n) is 20.5. The van der Waals surface area contributed by atoms with Crippen molar-refractivity contribution in [2.45, 2.75) is 13.8 Å². The van der Waals surface area contributed by atoms with E-state index in [1.807, 2.05) is 68.4 Å². The van der Waals surface area contributed by atoms with E-state index in [4.69, 9.17) is 9.15 Å². The Labute approximate surface area is 210 Å². The third-order valence-corrected chi connectivity index (χ3v) is 6.37. The molecule has 0 fully saturated rings. The zero-order valence-corrected chi connectivity index (χ0v) is 20.5. The van der Waals surface area contributed by atoms with Crippen LogP contribution in [0.3, 0.4) is 0 Å². The first-order valence-corrected chi connectivity index (χ1v) is 11.8. The molecule has 0 unspecified atom stereocenters. The number of nitrogens with one attached hydrogen (secondary N) is 1. The third kappa shape index (κ3) is 4.66. The molecule has 178 valence electrons. The first kappa shape index (κ1) is 23.2. The number of amides is 1. The fraction of sp³-hybridized carbons (Fsp3) is 0.0938. The average molecular weight is 474 g/mol. The summed E-state index contributed by atoms with van der Waals surface area (Å²) in [6.45, 7) is 3.88. The molecule has 0 radical (unpaired) electrons. The summed E-state index contributed by atoms with van der Waals surface area (Å²) < 4.78 is 11.5. The van der Waals surface area contributed by atoms with Crippen molar-refractivity contribution in [2.24, 2.45) is 0 Å². The maximum Gasteiger partial charge on any atom is 0.248 e. The van der Waals surface area contributed by atoms with Gasteiger partial charge in [-0.05, 0) is 53.8 Å². The van der Waals surface area contributed by atoms with Crippen LogP contribution < -0.4 is 10.1 Å². The van der Waals surface area contributed by atoms with Crippen molar-refractivity contribution in [3.63, 3.8) is 0 Å². The van der Waals surface area contributed by atoms with Gasteiger partial charge < -0.3 is 14.5 Å². The number of hydrogen-bond donors (Lipinski definition) is 1. The Hall–Kier alpha value is -4.57. The van der Waals surface area contributed by atoms with Crippen molar-refractivity contribution in [1.29, 1.82) is 0 Å². The van der Waals surface area contributed by atoms with E-state index in [0.717, 1.165) is 50.0 Å². The highest BCUT2D eigenvalue weighted by atomic mass is 16.5. The Kier molecular flexibility index (Phi) is 6.42. The second-order valence-electron chi connectivity index (χ2n) is 8.77. The number of aryl methyl sites for hydroxylation is 1. The Balaban J connectivity index is 1.48. The first-order chi connectivity index (χ1) is 17.5. The highest BCUT2D eigenvalue weighted by Crippen LogP contribution is 2.38. The van der Waals surface area contributed by atoms with Crippen LogP contribution in [0.4, 0.5) is 5.69 Å². The van der Waals surface area contributed by atoms with Gasteiger partial charge in [-0.2, -0.15) is 0 Å². The number of anilines is 1. The van der Waals surface area contributed by atoms with E-state index < -0.39 is 0 Å². The Morgan fingerprint density at radius 1 is 0.861 bits per heavy atom. The summed E-state index contributed by atoms with van der Waals surface area (Å²) in [7, 11) is 1.62. The summed E-state index contributed by atoms with van der Waals surface area (Å²) in [6, 6.07) is 30.4. The van der Waals surface area contributed by atoms with Crippen molar-refractivity contribution in [2.75, 3.05) is 12.4 Å². The van der Waals surface area contributed by atoms with Crippen LogP contribution in [0, 0.1) is 6.92 Å². The van der Waals surface area contributed by atoms with Gasteiger partial charge >= 0.3 is 0 Å². The molecule has 0 atom stereocenters. The minimum Gasteiger partial charge on any atom is -0.496 e. The average Bonchev–Trinajstić information content (AvgIpc) is 3.32. The second-order valence-corrected chi connectivity index (χ2v) is 8.77. The Morgan fingerprint density at radius 2 is 1.53 bits per heavy atom. The molecule has 0 spiro atoms. The number of furan rings is 1. The molecule has 1 N–H and O–H groups in total. The number of methoxy groups -OCH3 is 1. The Bertz CT molecular complexity index is 1560. The first-order valence-electron chi connectivity index (χ1n) is 11.8. The monoisotopic (exact) mass is 473 g/mol. The summed E-state index contributed by atoms with van der Waals surface area (Å²) >= 11 is 0. The molecule has 36 heavy (non-hydrogen) atoms. The smallest absolute Gasteiger partial charge is 0.248 e. The van der Waals surface area contributed by atoms with E-state index in [2.05, 4.69) is 41.7 Å². The molecule has 1 amide bonds. The van der Waals surface area contributed by atoms with Gasteiger partial charge in [0.1, 0.15) is 11.3 Å². The van der Waals surface area contributed by atoms with E-state index in [-0.39, 0.29) is 5.91 Å². The predicted molar refractivity (Wildman–Crippen MR) is 147 cm³/mol. The van der Waals surface area contributed by atoms with Crippen LogP contribution in [0.1, 0.15) is 18.1 Å². The lowest BCUT2D eigenvalue weighted by Gasteiger charge is -2.11. The van der Waals surface area contributed by atoms with Crippen molar-refractivity contribution in [1.82, 2.24) is 0 Å². The number of para-hydroxylation sites is 1. The van der Waals surface area contributed by atoms with Gasteiger partial charge in [0.25, 0.3) is 0 Å². The lowest BCUT2D eigenvalue weighted by molar-refractivity contribution is -0.111. The molecule has 5 rings (SSSR count). The van der Waals surface area contributed by atoms with Crippen LogP contribution in [0.2, 0.25) is 0 Å². The maximum atomic E-state index is 12.8. The van der Waals surface area contributed by atoms with Crippen molar-refractivity contribution < 1.29 is 13.9 Å². The van der Waals surface area contributed by atoms with E-state index >= 15 is 0 Å². The van der Waals surface area contributed by atoms with E-state index in [1.165, 1.54) is 5.56 Å². The van der Waals surface area contributed by atoms with Gasteiger partial charge in [-0.3, -0.25) is 4.79 Å². The lowest BCUT2D eigenvalue weighted by atomic mass is 9.97. The number of carbonyl (C=O) groups is 1. The summed E-state index contributed by atoms with van der Waals surface area (Å²) in [5.74, 6) is 0.466.